The summed E-state index contributed by atoms with van der Waals surface area (Å²) in [6, 6.07) is 5.29. The maximum Gasteiger partial charge on any atom is 0.319 e. The summed E-state index contributed by atoms with van der Waals surface area (Å²) in [5.41, 5.74) is 1.57. The molecule has 6 nitrogen and oxygen atoms in total. The Balaban J connectivity index is 1.90. The average Bonchev–Trinajstić information content (AvgIpc) is 2.49. The predicted octanol–water partition coefficient (Wildman–Crippen LogP) is 2.77. The molecule has 22 heavy (non-hydrogen) atoms. The molecule has 1 saturated carbocycles. The number of rotatable bonds is 4. The lowest BCUT2D eigenvalue weighted by atomic mass is 9.86. The minimum absolute atomic E-state index is 0.0191. The topological polar surface area (TPSA) is 87.7 Å². The van der Waals surface area contributed by atoms with Gasteiger partial charge in [-0.1, -0.05) is 12.1 Å². The van der Waals surface area contributed by atoms with Crippen molar-refractivity contribution in [1.29, 1.82) is 0 Å². The van der Waals surface area contributed by atoms with E-state index < -0.39 is 5.97 Å². The van der Waals surface area contributed by atoms with Crippen molar-refractivity contribution in [2.45, 2.75) is 38.6 Å². The van der Waals surface area contributed by atoms with Gasteiger partial charge in [0.2, 0.25) is 0 Å². The smallest absolute Gasteiger partial charge is 0.319 e. The number of anilines is 1. The fourth-order valence-corrected chi connectivity index (χ4v) is 2.79. The third-order valence-electron chi connectivity index (χ3n) is 4.10. The van der Waals surface area contributed by atoms with E-state index in [9.17, 15) is 9.59 Å². The van der Waals surface area contributed by atoms with Crippen LogP contribution in [-0.2, 0) is 4.79 Å². The molecule has 1 aromatic carbocycles. The van der Waals surface area contributed by atoms with Crippen LogP contribution in [0.25, 0.3) is 0 Å². The van der Waals surface area contributed by atoms with E-state index >= 15 is 0 Å². The lowest BCUT2D eigenvalue weighted by Crippen LogP contribution is -2.41. The highest BCUT2D eigenvalue weighted by Crippen LogP contribution is 2.28. The second-order valence-electron chi connectivity index (χ2n) is 5.64. The monoisotopic (exact) mass is 306 g/mol. The minimum Gasteiger partial charge on any atom is -0.495 e. The molecule has 0 aliphatic heterocycles. The Labute approximate surface area is 129 Å². The van der Waals surface area contributed by atoms with Crippen molar-refractivity contribution in [2.24, 2.45) is 5.92 Å². The number of hydrogen-bond donors (Lipinski definition) is 3. The molecule has 2 rings (SSSR count). The highest BCUT2D eigenvalue weighted by molar-refractivity contribution is 5.92. The number of aliphatic carboxylic acids is 1. The number of carboxylic acids is 1. The zero-order valence-electron chi connectivity index (χ0n) is 12.9. The van der Waals surface area contributed by atoms with E-state index in [1.165, 1.54) is 0 Å². The zero-order valence-corrected chi connectivity index (χ0v) is 12.9. The second kappa shape index (κ2) is 7.15. The second-order valence-corrected chi connectivity index (χ2v) is 5.64. The van der Waals surface area contributed by atoms with Crippen molar-refractivity contribution in [1.82, 2.24) is 5.32 Å². The lowest BCUT2D eigenvalue weighted by molar-refractivity contribution is -0.142. The summed E-state index contributed by atoms with van der Waals surface area (Å²) in [6.45, 7) is 1.90. The molecule has 0 unspecified atom stereocenters. The molecule has 0 atom stereocenters. The van der Waals surface area contributed by atoms with Gasteiger partial charge in [0, 0.05) is 6.04 Å². The fraction of sp³-hybridized carbons (Fsp3) is 0.500. The number of amides is 2. The van der Waals surface area contributed by atoms with E-state index in [1.807, 2.05) is 19.1 Å². The van der Waals surface area contributed by atoms with Crippen molar-refractivity contribution in [3.63, 3.8) is 0 Å². The van der Waals surface area contributed by atoms with Crippen LogP contribution in [-0.4, -0.2) is 30.3 Å². The van der Waals surface area contributed by atoms with Crippen molar-refractivity contribution in [3.8, 4) is 5.75 Å². The van der Waals surface area contributed by atoms with E-state index in [2.05, 4.69) is 10.6 Å². The Kier molecular flexibility index (Phi) is 5.25. The largest absolute Gasteiger partial charge is 0.495 e. The molecule has 120 valence electrons. The van der Waals surface area contributed by atoms with Crippen LogP contribution in [0.5, 0.6) is 5.75 Å². The van der Waals surface area contributed by atoms with Crippen LogP contribution < -0.4 is 15.4 Å². The number of nitrogens with one attached hydrogen (secondary N) is 2. The van der Waals surface area contributed by atoms with E-state index in [-0.39, 0.29) is 18.0 Å². The van der Waals surface area contributed by atoms with Gasteiger partial charge in [0.1, 0.15) is 5.75 Å². The van der Waals surface area contributed by atoms with Crippen molar-refractivity contribution in [3.05, 3.63) is 23.8 Å². The van der Waals surface area contributed by atoms with Gasteiger partial charge in [-0.05, 0) is 44.2 Å². The maximum absolute atomic E-state index is 12.1. The predicted molar refractivity (Wildman–Crippen MR) is 83.3 cm³/mol. The van der Waals surface area contributed by atoms with Crippen LogP contribution in [0, 0.1) is 12.8 Å². The first-order valence-corrected chi connectivity index (χ1v) is 7.45. The quantitative estimate of drug-likeness (QED) is 0.798. The molecule has 0 saturated heterocycles. The van der Waals surface area contributed by atoms with Gasteiger partial charge in [-0.2, -0.15) is 0 Å². The SMILES string of the molecule is COc1cccc(C)c1NC(=O)NC1CCC(C(=O)O)CC1. The third-order valence-corrected chi connectivity index (χ3v) is 4.10. The van der Waals surface area contributed by atoms with Crippen LogP contribution in [0.2, 0.25) is 0 Å². The van der Waals surface area contributed by atoms with Crippen LogP contribution >= 0.6 is 0 Å². The Hall–Kier alpha value is -2.24. The summed E-state index contributed by atoms with van der Waals surface area (Å²) < 4.78 is 5.25. The van der Waals surface area contributed by atoms with Gasteiger partial charge in [-0.3, -0.25) is 4.79 Å². The number of benzene rings is 1. The molecule has 1 fully saturated rings. The Morgan fingerprint density at radius 3 is 2.50 bits per heavy atom. The van der Waals surface area contributed by atoms with Crippen LogP contribution in [0.3, 0.4) is 0 Å². The molecule has 3 N–H and O–H groups in total. The van der Waals surface area contributed by atoms with Crippen LogP contribution in [0.4, 0.5) is 10.5 Å². The van der Waals surface area contributed by atoms with E-state index in [4.69, 9.17) is 9.84 Å². The van der Waals surface area contributed by atoms with Crippen molar-refractivity contribution >= 4 is 17.7 Å². The molecule has 1 aromatic rings. The first-order valence-electron chi connectivity index (χ1n) is 7.45. The van der Waals surface area contributed by atoms with Gasteiger partial charge < -0.3 is 20.5 Å². The first-order chi connectivity index (χ1) is 10.5. The summed E-state index contributed by atoms with van der Waals surface area (Å²) in [4.78, 5) is 23.0. The first kappa shape index (κ1) is 16.1. The third kappa shape index (κ3) is 3.90. The van der Waals surface area contributed by atoms with E-state index in [0.29, 0.717) is 37.1 Å². The Morgan fingerprint density at radius 1 is 1.23 bits per heavy atom. The molecule has 1 aliphatic carbocycles. The number of carbonyl (C=O) groups is 2. The summed E-state index contributed by atoms with van der Waals surface area (Å²) >= 11 is 0. The summed E-state index contributed by atoms with van der Waals surface area (Å²) in [5.74, 6) is -0.408. The number of hydrogen-bond acceptors (Lipinski definition) is 3. The summed E-state index contributed by atoms with van der Waals surface area (Å²) in [5, 5.41) is 14.7. The molecule has 0 aromatic heterocycles. The number of para-hydroxylation sites is 1. The number of aryl methyl sites for hydroxylation is 1. The summed E-state index contributed by atoms with van der Waals surface area (Å²) in [7, 11) is 1.56. The Morgan fingerprint density at radius 2 is 1.91 bits per heavy atom. The molecule has 0 heterocycles. The van der Waals surface area contributed by atoms with Gasteiger partial charge in [0.15, 0.2) is 0 Å². The standard InChI is InChI=1S/C16H22N2O4/c1-10-4-3-5-13(22-2)14(10)18-16(21)17-12-8-6-11(7-9-12)15(19)20/h3-5,11-12H,6-9H2,1-2H3,(H,19,20)(H2,17,18,21). The van der Waals surface area contributed by atoms with Crippen molar-refractivity contribution < 1.29 is 19.4 Å². The van der Waals surface area contributed by atoms with Gasteiger partial charge in [0.25, 0.3) is 0 Å². The minimum atomic E-state index is -0.743. The molecular weight excluding hydrogens is 284 g/mol. The number of methoxy groups -OCH3 is 1. The maximum atomic E-state index is 12.1. The average molecular weight is 306 g/mol. The van der Waals surface area contributed by atoms with E-state index in [0.717, 1.165) is 5.56 Å². The number of urea groups is 1. The van der Waals surface area contributed by atoms with Crippen molar-refractivity contribution in [2.75, 3.05) is 12.4 Å². The van der Waals surface area contributed by atoms with E-state index in [1.54, 1.807) is 13.2 Å². The highest BCUT2D eigenvalue weighted by Gasteiger charge is 2.26. The van der Waals surface area contributed by atoms with Gasteiger partial charge in [-0.25, -0.2) is 4.79 Å². The van der Waals surface area contributed by atoms with Gasteiger partial charge in [0.05, 0.1) is 18.7 Å². The molecule has 1 aliphatic rings. The normalized spacial score (nSPS) is 21.0. The summed E-state index contributed by atoms with van der Waals surface area (Å²) in [6.07, 6.45) is 2.59. The molecule has 0 bridgehead atoms. The fourth-order valence-electron chi connectivity index (χ4n) is 2.79. The molecule has 0 spiro atoms. The van der Waals surface area contributed by atoms with Crippen LogP contribution in [0.1, 0.15) is 31.2 Å². The number of carbonyl (C=O) groups excluding carboxylic acids is 1. The van der Waals surface area contributed by atoms with Gasteiger partial charge in [-0.15, -0.1) is 0 Å². The molecule has 6 heteroatoms. The molecule has 0 radical (unpaired) electrons. The molecular formula is C16H22N2O4. The number of carboxylic acid groups (broad SMARTS) is 1. The zero-order chi connectivity index (χ0) is 16.1. The molecule has 2 amide bonds. The van der Waals surface area contributed by atoms with Gasteiger partial charge >= 0.3 is 12.0 Å². The van der Waals surface area contributed by atoms with Crippen LogP contribution in [0.15, 0.2) is 18.2 Å². The highest BCUT2D eigenvalue weighted by atomic mass is 16.5. The number of ether oxygens (including phenoxy) is 1. The lowest BCUT2D eigenvalue weighted by Gasteiger charge is -2.27. The Bertz CT molecular complexity index is 551.